The highest BCUT2D eigenvalue weighted by Crippen LogP contribution is 2.27. The van der Waals surface area contributed by atoms with Crippen molar-refractivity contribution in [1.82, 2.24) is 25.0 Å². The smallest absolute Gasteiger partial charge is 0.254 e. The molecule has 4 aromatic rings. The van der Waals surface area contributed by atoms with Crippen molar-refractivity contribution in [3.05, 3.63) is 89.5 Å². The minimum Gasteiger partial charge on any atom is -0.361 e. The third kappa shape index (κ3) is 4.69. The Balaban J connectivity index is 1.44. The molecule has 1 amide bonds. The number of pyridine rings is 1. The third-order valence-electron chi connectivity index (χ3n) is 5.09. The molecule has 158 valence electrons. The zero-order valence-corrected chi connectivity index (χ0v) is 18.4. The fourth-order valence-electron chi connectivity index (χ4n) is 3.23. The van der Waals surface area contributed by atoms with Crippen LogP contribution in [0.3, 0.4) is 0 Å². The Bertz CT molecular complexity index is 1150. The minimum atomic E-state index is -0.152. The summed E-state index contributed by atoms with van der Waals surface area (Å²) in [5.74, 6) is 1.28. The van der Waals surface area contributed by atoms with Crippen molar-refractivity contribution < 1.29 is 9.32 Å². The van der Waals surface area contributed by atoms with E-state index in [9.17, 15) is 4.79 Å². The molecule has 0 unspecified atom stereocenters. The number of carbonyl (C=O) groups is 1. The molecule has 1 aromatic carbocycles. The first-order valence-corrected chi connectivity index (χ1v) is 10.9. The van der Waals surface area contributed by atoms with E-state index in [0.29, 0.717) is 16.3 Å². The van der Waals surface area contributed by atoms with E-state index >= 15 is 0 Å². The number of aromatic nitrogens is 4. The van der Waals surface area contributed by atoms with Crippen molar-refractivity contribution in [2.75, 3.05) is 0 Å². The maximum atomic E-state index is 13.0. The van der Waals surface area contributed by atoms with E-state index in [-0.39, 0.29) is 11.9 Å². The molecule has 1 N–H and O–H groups in total. The molecule has 0 saturated carbocycles. The number of amides is 1. The number of aryl methyl sites for hydroxylation is 2. The number of nitrogens with zero attached hydrogens (tertiary/aromatic N) is 4. The predicted molar refractivity (Wildman–Crippen MR) is 119 cm³/mol. The lowest BCUT2D eigenvalue weighted by Crippen LogP contribution is -2.27. The summed E-state index contributed by atoms with van der Waals surface area (Å²) in [7, 11) is 0. The average molecular weight is 434 g/mol. The highest BCUT2D eigenvalue weighted by Gasteiger charge is 2.17. The summed E-state index contributed by atoms with van der Waals surface area (Å²) >= 11 is 1.50. The van der Waals surface area contributed by atoms with Crippen LogP contribution >= 0.6 is 11.8 Å². The predicted octanol–water partition coefficient (Wildman–Crippen LogP) is 4.66. The van der Waals surface area contributed by atoms with Crippen LogP contribution in [0.5, 0.6) is 0 Å². The molecular weight excluding hydrogens is 410 g/mol. The molecule has 0 aliphatic carbocycles. The monoisotopic (exact) mass is 433 g/mol. The molecule has 0 saturated heterocycles. The van der Waals surface area contributed by atoms with Crippen molar-refractivity contribution in [2.24, 2.45) is 0 Å². The topological polar surface area (TPSA) is 85.8 Å². The van der Waals surface area contributed by atoms with Crippen molar-refractivity contribution in [3.63, 3.8) is 0 Å². The molecule has 0 bridgehead atoms. The van der Waals surface area contributed by atoms with Gasteiger partial charge < -0.3 is 14.4 Å². The largest absolute Gasteiger partial charge is 0.361 e. The average Bonchev–Trinajstić information content (AvgIpc) is 3.43. The second-order valence-corrected chi connectivity index (χ2v) is 8.17. The fraction of sp³-hybridized carbons (Fsp3) is 0.217. The summed E-state index contributed by atoms with van der Waals surface area (Å²) in [4.78, 5) is 21.5. The van der Waals surface area contributed by atoms with Crippen LogP contribution in [0.4, 0.5) is 0 Å². The van der Waals surface area contributed by atoms with Crippen LogP contribution in [0.25, 0.3) is 5.69 Å². The molecule has 0 fully saturated rings. The van der Waals surface area contributed by atoms with Crippen LogP contribution in [0, 0.1) is 13.8 Å². The molecule has 1 atom stereocenters. The maximum absolute atomic E-state index is 13.0. The van der Waals surface area contributed by atoms with Crippen molar-refractivity contribution in [1.29, 1.82) is 0 Å². The van der Waals surface area contributed by atoms with E-state index < -0.39 is 0 Å². The number of carbonyl (C=O) groups excluding carboxylic acids is 1. The lowest BCUT2D eigenvalue weighted by molar-refractivity contribution is 0.0936. The van der Waals surface area contributed by atoms with Gasteiger partial charge >= 0.3 is 0 Å². The Hall–Kier alpha value is -3.39. The molecule has 3 heterocycles. The SMILES string of the molecule is Cc1noc(C)c1CSc1ncccc1C(=O)N[C@H](C)c1ccc(-n2ccnc2)cc1. The second-order valence-electron chi connectivity index (χ2n) is 7.20. The number of benzene rings is 1. The molecule has 0 aliphatic rings. The Labute approximate surface area is 184 Å². The molecule has 0 spiro atoms. The number of thioether (sulfide) groups is 1. The Morgan fingerprint density at radius 3 is 2.68 bits per heavy atom. The molecular formula is C23H23N5O2S. The van der Waals surface area contributed by atoms with Crippen LogP contribution in [0.1, 0.15) is 45.9 Å². The van der Waals surface area contributed by atoms with E-state index in [0.717, 1.165) is 28.3 Å². The van der Waals surface area contributed by atoms with E-state index in [1.807, 2.05) is 55.8 Å². The highest BCUT2D eigenvalue weighted by atomic mass is 32.2. The third-order valence-corrected chi connectivity index (χ3v) is 6.13. The summed E-state index contributed by atoms with van der Waals surface area (Å²) in [6.07, 6.45) is 7.09. The number of nitrogens with one attached hydrogen (secondary N) is 1. The number of hydrogen-bond acceptors (Lipinski definition) is 6. The summed E-state index contributed by atoms with van der Waals surface area (Å²) < 4.78 is 7.16. The maximum Gasteiger partial charge on any atom is 0.254 e. The van der Waals surface area contributed by atoms with Crippen molar-refractivity contribution in [3.8, 4) is 5.69 Å². The first-order chi connectivity index (χ1) is 15.0. The quantitative estimate of drug-likeness (QED) is 0.427. The summed E-state index contributed by atoms with van der Waals surface area (Å²) in [5, 5.41) is 7.75. The molecule has 3 aromatic heterocycles. The molecule has 7 nitrogen and oxygen atoms in total. The van der Waals surface area contributed by atoms with Crippen LogP contribution < -0.4 is 5.32 Å². The minimum absolute atomic E-state index is 0.148. The first-order valence-electron chi connectivity index (χ1n) is 9.91. The van der Waals surface area contributed by atoms with Crippen LogP contribution in [-0.4, -0.2) is 25.6 Å². The van der Waals surface area contributed by atoms with Gasteiger partial charge in [-0.2, -0.15) is 0 Å². The molecule has 31 heavy (non-hydrogen) atoms. The summed E-state index contributed by atoms with van der Waals surface area (Å²) in [6.45, 7) is 5.77. The van der Waals surface area contributed by atoms with Gasteiger partial charge in [-0.25, -0.2) is 9.97 Å². The van der Waals surface area contributed by atoms with E-state index in [1.54, 1.807) is 30.9 Å². The van der Waals surface area contributed by atoms with E-state index in [4.69, 9.17) is 4.52 Å². The standard InChI is InChI=1S/C23H23N5O2S/c1-15(18-6-8-19(9-7-18)28-12-11-24-14-28)26-22(29)20-5-4-10-25-23(20)31-13-21-16(2)27-30-17(21)3/h4-12,14-15H,13H2,1-3H3,(H,26,29)/t15-/m1/s1. The van der Waals surface area contributed by atoms with Gasteiger partial charge in [0.2, 0.25) is 0 Å². The van der Waals surface area contributed by atoms with Crippen LogP contribution in [-0.2, 0) is 5.75 Å². The lowest BCUT2D eigenvalue weighted by atomic mass is 10.1. The van der Waals surface area contributed by atoms with Gasteiger partial charge in [0.15, 0.2) is 0 Å². The first kappa shape index (κ1) is 20.9. The number of hydrogen-bond donors (Lipinski definition) is 1. The van der Waals surface area contributed by atoms with Crippen LogP contribution in [0.15, 0.2) is 70.9 Å². The second kappa shape index (κ2) is 9.18. The van der Waals surface area contributed by atoms with Crippen molar-refractivity contribution >= 4 is 17.7 Å². The van der Waals surface area contributed by atoms with Crippen molar-refractivity contribution in [2.45, 2.75) is 37.6 Å². The summed E-state index contributed by atoms with van der Waals surface area (Å²) in [6, 6.07) is 11.5. The number of rotatable bonds is 7. The fourth-order valence-corrected chi connectivity index (χ4v) is 4.38. The van der Waals surface area contributed by atoms with Gasteiger partial charge in [-0.05, 0) is 50.6 Å². The van der Waals surface area contributed by atoms with Gasteiger partial charge in [0, 0.05) is 35.6 Å². The van der Waals surface area contributed by atoms with E-state index in [2.05, 4.69) is 20.4 Å². The van der Waals surface area contributed by atoms with Gasteiger partial charge in [-0.1, -0.05) is 17.3 Å². The zero-order valence-electron chi connectivity index (χ0n) is 17.6. The summed E-state index contributed by atoms with van der Waals surface area (Å²) in [5.41, 5.74) is 4.49. The highest BCUT2D eigenvalue weighted by molar-refractivity contribution is 7.98. The van der Waals surface area contributed by atoms with Crippen LogP contribution in [0.2, 0.25) is 0 Å². The lowest BCUT2D eigenvalue weighted by Gasteiger charge is -2.16. The zero-order chi connectivity index (χ0) is 21.8. The van der Waals surface area contributed by atoms with Gasteiger partial charge in [0.1, 0.15) is 10.8 Å². The Morgan fingerprint density at radius 2 is 2.00 bits per heavy atom. The molecule has 0 aliphatic heterocycles. The molecule has 8 heteroatoms. The Kier molecular flexibility index (Phi) is 6.18. The molecule has 0 radical (unpaired) electrons. The van der Waals surface area contributed by atoms with Gasteiger partial charge in [0.05, 0.1) is 23.6 Å². The van der Waals surface area contributed by atoms with Gasteiger partial charge in [-0.15, -0.1) is 11.8 Å². The normalized spacial score (nSPS) is 12.0. The van der Waals surface area contributed by atoms with Gasteiger partial charge in [-0.3, -0.25) is 4.79 Å². The number of imidazole rings is 1. The molecule has 4 rings (SSSR count). The van der Waals surface area contributed by atoms with Gasteiger partial charge in [0.25, 0.3) is 5.91 Å². The van der Waals surface area contributed by atoms with E-state index in [1.165, 1.54) is 11.8 Å². The Morgan fingerprint density at radius 1 is 1.19 bits per heavy atom.